The van der Waals surface area contributed by atoms with Crippen molar-refractivity contribution in [1.82, 2.24) is 5.32 Å². The van der Waals surface area contributed by atoms with Gasteiger partial charge in [-0.15, -0.1) is 0 Å². The van der Waals surface area contributed by atoms with Crippen molar-refractivity contribution >= 4 is 11.8 Å². The summed E-state index contributed by atoms with van der Waals surface area (Å²) in [5.74, 6) is 1.72. The fraction of sp³-hybridized carbons (Fsp3) is 0.714. The van der Waals surface area contributed by atoms with Crippen LogP contribution in [0.3, 0.4) is 0 Å². The monoisotopic (exact) mass is 267 g/mol. The second kappa shape index (κ2) is 5.27. The topological polar surface area (TPSA) is 34.4 Å². The minimum absolute atomic E-state index is 0.448. The Morgan fingerprint density at radius 1 is 1.44 bits per heavy atom. The van der Waals surface area contributed by atoms with Crippen molar-refractivity contribution in [2.24, 2.45) is 0 Å². The molecule has 1 aromatic heterocycles. The van der Waals surface area contributed by atoms with Gasteiger partial charge in [-0.1, -0.05) is 0 Å². The summed E-state index contributed by atoms with van der Waals surface area (Å²) >= 11 is 1.93. The zero-order valence-electron chi connectivity index (χ0n) is 11.0. The van der Waals surface area contributed by atoms with E-state index in [0.717, 1.165) is 18.8 Å². The molecule has 1 heterocycles. The van der Waals surface area contributed by atoms with E-state index in [1.54, 1.807) is 6.26 Å². The Morgan fingerprint density at radius 3 is 3.00 bits per heavy atom. The Morgan fingerprint density at radius 2 is 2.33 bits per heavy atom. The van der Waals surface area contributed by atoms with Crippen LogP contribution in [0.2, 0.25) is 0 Å². The maximum Gasteiger partial charge on any atom is 0.108 e. The summed E-state index contributed by atoms with van der Waals surface area (Å²) in [5.41, 5.74) is 0. The highest BCUT2D eigenvalue weighted by Crippen LogP contribution is 2.43. The van der Waals surface area contributed by atoms with Gasteiger partial charge in [0.25, 0.3) is 0 Å². The van der Waals surface area contributed by atoms with E-state index in [4.69, 9.17) is 9.15 Å². The first-order valence-corrected chi connectivity index (χ1v) is 8.06. The molecule has 0 amide bonds. The number of thioether (sulfide) groups is 1. The van der Waals surface area contributed by atoms with E-state index < -0.39 is 0 Å². The second-order valence-electron chi connectivity index (χ2n) is 5.17. The van der Waals surface area contributed by atoms with Crippen molar-refractivity contribution in [3.8, 4) is 0 Å². The molecule has 4 heteroatoms. The van der Waals surface area contributed by atoms with Crippen LogP contribution in [0.5, 0.6) is 0 Å². The molecule has 5 atom stereocenters. The molecule has 2 aliphatic rings. The first-order chi connectivity index (χ1) is 8.83. The quantitative estimate of drug-likeness (QED) is 0.859. The maximum absolute atomic E-state index is 5.73. The van der Waals surface area contributed by atoms with Gasteiger partial charge in [-0.25, -0.2) is 0 Å². The van der Waals surface area contributed by atoms with Crippen molar-refractivity contribution < 1.29 is 9.15 Å². The minimum atomic E-state index is 0.448. The Labute approximate surface area is 113 Å². The summed E-state index contributed by atoms with van der Waals surface area (Å²) in [5, 5.41) is 4.37. The Kier molecular flexibility index (Phi) is 3.68. The Balaban J connectivity index is 1.48. The SMILES string of the molecule is CCOC1CC(N[C@@H]2C[C@H]2c2ccco2)C1SC. The molecular weight excluding hydrogens is 246 g/mol. The highest BCUT2D eigenvalue weighted by atomic mass is 32.2. The van der Waals surface area contributed by atoms with Gasteiger partial charge in [-0.05, 0) is 38.2 Å². The van der Waals surface area contributed by atoms with Crippen molar-refractivity contribution in [1.29, 1.82) is 0 Å². The van der Waals surface area contributed by atoms with E-state index in [0.29, 0.717) is 29.4 Å². The van der Waals surface area contributed by atoms with Gasteiger partial charge in [0.1, 0.15) is 5.76 Å². The van der Waals surface area contributed by atoms with E-state index in [9.17, 15) is 0 Å². The predicted molar refractivity (Wildman–Crippen MR) is 74.1 cm³/mol. The fourth-order valence-corrected chi connectivity index (χ4v) is 3.92. The lowest BCUT2D eigenvalue weighted by Crippen LogP contribution is -2.57. The van der Waals surface area contributed by atoms with Crippen LogP contribution in [0.15, 0.2) is 22.8 Å². The van der Waals surface area contributed by atoms with Crippen molar-refractivity contribution in [3.05, 3.63) is 24.2 Å². The first kappa shape index (κ1) is 12.6. The van der Waals surface area contributed by atoms with E-state index in [-0.39, 0.29) is 0 Å². The fourth-order valence-electron chi connectivity index (χ4n) is 2.91. The molecule has 1 aromatic rings. The molecule has 3 rings (SSSR count). The van der Waals surface area contributed by atoms with Crippen LogP contribution in [0, 0.1) is 0 Å². The van der Waals surface area contributed by atoms with Gasteiger partial charge >= 0.3 is 0 Å². The van der Waals surface area contributed by atoms with Crippen LogP contribution in [0.25, 0.3) is 0 Å². The van der Waals surface area contributed by atoms with Crippen LogP contribution in [0.1, 0.15) is 31.4 Å². The molecule has 3 nitrogen and oxygen atoms in total. The molecule has 1 N–H and O–H groups in total. The number of nitrogens with one attached hydrogen (secondary N) is 1. The van der Waals surface area contributed by atoms with Crippen LogP contribution < -0.4 is 5.32 Å². The van der Waals surface area contributed by atoms with Gasteiger partial charge in [0.05, 0.1) is 12.4 Å². The zero-order valence-corrected chi connectivity index (χ0v) is 11.8. The normalized spacial score (nSPS) is 38.4. The summed E-state index contributed by atoms with van der Waals surface area (Å²) in [6, 6.07) is 5.28. The number of furan rings is 1. The molecule has 2 saturated carbocycles. The van der Waals surface area contributed by atoms with Gasteiger partial charge in [0.2, 0.25) is 0 Å². The summed E-state index contributed by atoms with van der Waals surface area (Å²) in [6.07, 6.45) is 6.76. The molecule has 0 bridgehead atoms. The third-order valence-electron chi connectivity index (χ3n) is 4.03. The molecule has 18 heavy (non-hydrogen) atoms. The average molecular weight is 267 g/mol. The van der Waals surface area contributed by atoms with Gasteiger partial charge in [0, 0.05) is 29.9 Å². The van der Waals surface area contributed by atoms with E-state index in [2.05, 4.69) is 24.6 Å². The largest absolute Gasteiger partial charge is 0.469 e. The molecule has 0 spiro atoms. The van der Waals surface area contributed by atoms with Gasteiger partial charge in [0.15, 0.2) is 0 Å². The van der Waals surface area contributed by atoms with Crippen molar-refractivity contribution in [2.75, 3.05) is 12.9 Å². The molecule has 0 radical (unpaired) electrons. The number of hydrogen-bond donors (Lipinski definition) is 1. The number of hydrogen-bond acceptors (Lipinski definition) is 4. The lowest BCUT2D eigenvalue weighted by atomic mass is 9.88. The maximum atomic E-state index is 5.73. The van der Waals surface area contributed by atoms with Crippen molar-refractivity contribution in [3.63, 3.8) is 0 Å². The number of rotatable bonds is 6. The first-order valence-electron chi connectivity index (χ1n) is 6.77. The molecule has 2 aliphatic carbocycles. The third kappa shape index (κ3) is 2.33. The van der Waals surface area contributed by atoms with Gasteiger partial charge < -0.3 is 14.5 Å². The van der Waals surface area contributed by atoms with E-state index in [1.165, 1.54) is 6.42 Å². The third-order valence-corrected chi connectivity index (χ3v) is 5.21. The van der Waals surface area contributed by atoms with Crippen LogP contribution >= 0.6 is 11.8 Å². The Bertz CT molecular complexity index is 381. The zero-order chi connectivity index (χ0) is 12.5. The smallest absolute Gasteiger partial charge is 0.108 e. The molecular formula is C14H21NO2S. The second-order valence-corrected chi connectivity index (χ2v) is 6.18. The minimum Gasteiger partial charge on any atom is -0.469 e. The summed E-state index contributed by atoms with van der Waals surface area (Å²) in [7, 11) is 0. The van der Waals surface area contributed by atoms with E-state index >= 15 is 0 Å². The Hall–Kier alpha value is -0.450. The van der Waals surface area contributed by atoms with Crippen LogP contribution in [0.4, 0.5) is 0 Å². The van der Waals surface area contributed by atoms with E-state index in [1.807, 2.05) is 17.8 Å². The highest BCUT2D eigenvalue weighted by molar-refractivity contribution is 7.99. The predicted octanol–water partition coefficient (Wildman–Crippen LogP) is 2.63. The molecule has 0 aliphatic heterocycles. The molecule has 0 aromatic carbocycles. The van der Waals surface area contributed by atoms with Crippen LogP contribution in [-0.2, 0) is 4.74 Å². The molecule has 100 valence electrons. The van der Waals surface area contributed by atoms with Crippen LogP contribution in [-0.4, -0.2) is 36.3 Å². The summed E-state index contributed by atoms with van der Waals surface area (Å²) in [6.45, 7) is 2.90. The summed E-state index contributed by atoms with van der Waals surface area (Å²) in [4.78, 5) is 0. The molecule has 2 fully saturated rings. The molecule has 3 unspecified atom stereocenters. The highest BCUT2D eigenvalue weighted by Gasteiger charge is 2.47. The number of ether oxygens (including phenoxy) is 1. The average Bonchev–Trinajstić information content (AvgIpc) is 2.89. The lowest BCUT2D eigenvalue weighted by molar-refractivity contribution is -0.00343. The summed E-state index contributed by atoms with van der Waals surface area (Å²) < 4.78 is 11.2. The standard InChI is InChI=1S/C14H21NO2S/c1-3-16-13-8-11(14(13)18-2)15-10-7-9(10)12-5-4-6-17-12/h4-6,9-11,13-15H,3,7-8H2,1-2H3/t9-,10-,11?,13?,14?/m1/s1. The van der Waals surface area contributed by atoms with Gasteiger partial charge in [-0.3, -0.25) is 0 Å². The van der Waals surface area contributed by atoms with Gasteiger partial charge in [-0.2, -0.15) is 11.8 Å². The molecule has 0 saturated heterocycles. The lowest BCUT2D eigenvalue weighted by Gasteiger charge is -2.44. The van der Waals surface area contributed by atoms with Crippen molar-refractivity contribution in [2.45, 2.75) is 49.1 Å².